The molecular formula is C16H25NO2. The van der Waals surface area contributed by atoms with Crippen LogP contribution in [-0.2, 0) is 22.6 Å². The molecule has 2 unspecified atom stereocenters. The van der Waals surface area contributed by atoms with Gasteiger partial charge in [0, 0.05) is 25.8 Å². The molecule has 2 rings (SSSR count). The second-order valence-electron chi connectivity index (χ2n) is 5.19. The van der Waals surface area contributed by atoms with Gasteiger partial charge in [-0.25, -0.2) is 0 Å². The first-order valence-electron chi connectivity index (χ1n) is 7.29. The first kappa shape index (κ1) is 14.5. The van der Waals surface area contributed by atoms with Crippen LogP contribution >= 0.6 is 0 Å². The van der Waals surface area contributed by atoms with Crippen molar-refractivity contribution in [2.75, 3.05) is 13.2 Å². The van der Waals surface area contributed by atoms with E-state index in [9.17, 15) is 0 Å². The predicted octanol–water partition coefficient (Wildman–Crippen LogP) is 2.88. The monoisotopic (exact) mass is 263 g/mol. The van der Waals surface area contributed by atoms with Gasteiger partial charge in [-0.15, -0.1) is 0 Å². The summed E-state index contributed by atoms with van der Waals surface area (Å²) in [6, 6.07) is 9.08. The van der Waals surface area contributed by atoms with Gasteiger partial charge < -0.3 is 14.8 Å². The maximum Gasteiger partial charge on any atom is 0.0719 e. The van der Waals surface area contributed by atoms with Crippen molar-refractivity contribution >= 4 is 0 Å². The highest BCUT2D eigenvalue weighted by Crippen LogP contribution is 2.15. The van der Waals surface area contributed by atoms with Crippen LogP contribution in [0.5, 0.6) is 0 Å². The van der Waals surface area contributed by atoms with Crippen LogP contribution in [-0.4, -0.2) is 25.4 Å². The zero-order valence-electron chi connectivity index (χ0n) is 12.0. The minimum atomic E-state index is 0.380. The van der Waals surface area contributed by atoms with Gasteiger partial charge in [0.15, 0.2) is 0 Å². The van der Waals surface area contributed by atoms with Gasteiger partial charge in [-0.3, -0.25) is 0 Å². The molecule has 0 amide bonds. The van der Waals surface area contributed by atoms with E-state index in [0.29, 0.717) is 18.8 Å². The number of rotatable bonds is 6. The lowest BCUT2D eigenvalue weighted by Gasteiger charge is -2.28. The second kappa shape index (κ2) is 7.63. The predicted molar refractivity (Wildman–Crippen MR) is 77.0 cm³/mol. The molecule has 1 aliphatic heterocycles. The van der Waals surface area contributed by atoms with E-state index >= 15 is 0 Å². The summed E-state index contributed by atoms with van der Waals surface area (Å²) in [6.45, 7) is 7.44. The normalized spacial score (nSPS) is 23.5. The van der Waals surface area contributed by atoms with E-state index in [1.165, 1.54) is 11.1 Å². The first-order valence-corrected chi connectivity index (χ1v) is 7.29. The SMILES string of the molecule is CCOCc1ccccc1CNC1CCOC(C)C1. The Morgan fingerprint density at radius 1 is 1.32 bits per heavy atom. The van der Waals surface area contributed by atoms with E-state index in [1.807, 2.05) is 6.92 Å². The lowest BCUT2D eigenvalue weighted by atomic mass is 10.0. The standard InChI is InChI=1S/C16H25NO2/c1-3-18-12-15-7-5-4-6-14(15)11-17-16-8-9-19-13(2)10-16/h4-7,13,16-17H,3,8-12H2,1-2H3. The van der Waals surface area contributed by atoms with Crippen molar-refractivity contribution in [3.05, 3.63) is 35.4 Å². The van der Waals surface area contributed by atoms with Crippen LogP contribution in [0.2, 0.25) is 0 Å². The van der Waals surface area contributed by atoms with Crippen LogP contribution in [0.25, 0.3) is 0 Å². The lowest BCUT2D eigenvalue weighted by Crippen LogP contribution is -2.37. The molecule has 1 aromatic carbocycles. The van der Waals surface area contributed by atoms with Gasteiger partial charge in [-0.2, -0.15) is 0 Å². The third-order valence-corrected chi connectivity index (χ3v) is 3.65. The molecule has 0 spiro atoms. The van der Waals surface area contributed by atoms with Crippen molar-refractivity contribution in [1.29, 1.82) is 0 Å². The topological polar surface area (TPSA) is 30.5 Å². The van der Waals surface area contributed by atoms with Crippen LogP contribution in [0.1, 0.15) is 37.8 Å². The Hall–Kier alpha value is -0.900. The molecule has 0 radical (unpaired) electrons. The van der Waals surface area contributed by atoms with Crippen molar-refractivity contribution in [2.24, 2.45) is 0 Å². The second-order valence-corrected chi connectivity index (χ2v) is 5.19. The summed E-state index contributed by atoms with van der Waals surface area (Å²) in [5.41, 5.74) is 2.63. The molecule has 1 fully saturated rings. The minimum absolute atomic E-state index is 0.380. The molecule has 3 nitrogen and oxygen atoms in total. The van der Waals surface area contributed by atoms with Gasteiger partial charge >= 0.3 is 0 Å². The zero-order valence-corrected chi connectivity index (χ0v) is 12.0. The Labute approximate surface area is 116 Å². The molecular weight excluding hydrogens is 238 g/mol. The smallest absolute Gasteiger partial charge is 0.0719 e. The average molecular weight is 263 g/mol. The first-order chi connectivity index (χ1) is 9.29. The molecule has 19 heavy (non-hydrogen) atoms. The fraction of sp³-hybridized carbons (Fsp3) is 0.625. The van der Waals surface area contributed by atoms with Crippen LogP contribution in [0.3, 0.4) is 0 Å². The molecule has 1 saturated heterocycles. The molecule has 0 aliphatic carbocycles. The molecule has 2 atom stereocenters. The number of nitrogens with one attached hydrogen (secondary N) is 1. The summed E-state index contributed by atoms with van der Waals surface area (Å²) in [6.07, 6.45) is 2.59. The van der Waals surface area contributed by atoms with Gasteiger partial charge in [0.05, 0.1) is 12.7 Å². The number of ether oxygens (including phenoxy) is 2. The van der Waals surface area contributed by atoms with E-state index in [2.05, 4.69) is 36.5 Å². The van der Waals surface area contributed by atoms with Gasteiger partial charge in [0.1, 0.15) is 0 Å². The quantitative estimate of drug-likeness (QED) is 0.856. The molecule has 0 saturated carbocycles. The molecule has 1 heterocycles. The highest BCUT2D eigenvalue weighted by Gasteiger charge is 2.18. The summed E-state index contributed by atoms with van der Waals surface area (Å²) in [5, 5.41) is 3.65. The maximum atomic E-state index is 5.58. The van der Waals surface area contributed by atoms with E-state index < -0.39 is 0 Å². The summed E-state index contributed by atoms with van der Waals surface area (Å²) in [4.78, 5) is 0. The third kappa shape index (κ3) is 4.60. The van der Waals surface area contributed by atoms with Crippen molar-refractivity contribution in [3.8, 4) is 0 Å². The van der Waals surface area contributed by atoms with E-state index in [4.69, 9.17) is 9.47 Å². The van der Waals surface area contributed by atoms with Gasteiger partial charge in [-0.1, -0.05) is 24.3 Å². The maximum absolute atomic E-state index is 5.58. The van der Waals surface area contributed by atoms with Gasteiger partial charge in [0.2, 0.25) is 0 Å². The van der Waals surface area contributed by atoms with Gasteiger partial charge in [-0.05, 0) is 37.8 Å². The summed E-state index contributed by atoms with van der Waals surface area (Å²) >= 11 is 0. The van der Waals surface area contributed by atoms with Crippen LogP contribution in [0, 0.1) is 0 Å². The molecule has 0 bridgehead atoms. The van der Waals surface area contributed by atoms with Crippen LogP contribution < -0.4 is 5.32 Å². The van der Waals surface area contributed by atoms with Crippen molar-refractivity contribution in [2.45, 2.75) is 52.0 Å². The number of hydrogen-bond donors (Lipinski definition) is 1. The Balaban J connectivity index is 1.87. The highest BCUT2D eigenvalue weighted by molar-refractivity contribution is 5.26. The Morgan fingerprint density at radius 3 is 2.84 bits per heavy atom. The third-order valence-electron chi connectivity index (χ3n) is 3.65. The van der Waals surface area contributed by atoms with E-state index in [1.54, 1.807) is 0 Å². The minimum Gasteiger partial charge on any atom is -0.378 e. The number of hydrogen-bond acceptors (Lipinski definition) is 3. The average Bonchev–Trinajstić information content (AvgIpc) is 2.44. The highest BCUT2D eigenvalue weighted by atomic mass is 16.5. The van der Waals surface area contributed by atoms with Crippen molar-refractivity contribution in [1.82, 2.24) is 5.32 Å². The molecule has 106 valence electrons. The summed E-state index contributed by atoms with van der Waals surface area (Å²) in [5.74, 6) is 0. The number of benzene rings is 1. The summed E-state index contributed by atoms with van der Waals surface area (Å²) < 4.78 is 11.1. The Kier molecular flexibility index (Phi) is 5.83. The van der Waals surface area contributed by atoms with E-state index in [0.717, 1.165) is 32.6 Å². The molecule has 1 aromatic rings. The Bertz CT molecular complexity index is 381. The fourth-order valence-electron chi connectivity index (χ4n) is 2.52. The molecule has 1 aliphatic rings. The van der Waals surface area contributed by atoms with Crippen molar-refractivity contribution in [3.63, 3.8) is 0 Å². The van der Waals surface area contributed by atoms with Crippen LogP contribution in [0.4, 0.5) is 0 Å². The van der Waals surface area contributed by atoms with Crippen LogP contribution in [0.15, 0.2) is 24.3 Å². The van der Waals surface area contributed by atoms with Crippen molar-refractivity contribution < 1.29 is 9.47 Å². The van der Waals surface area contributed by atoms with Gasteiger partial charge in [0.25, 0.3) is 0 Å². The lowest BCUT2D eigenvalue weighted by molar-refractivity contribution is 0.0130. The summed E-state index contributed by atoms with van der Waals surface area (Å²) in [7, 11) is 0. The molecule has 1 N–H and O–H groups in total. The largest absolute Gasteiger partial charge is 0.378 e. The molecule has 3 heteroatoms. The zero-order chi connectivity index (χ0) is 13.5. The Morgan fingerprint density at radius 2 is 2.11 bits per heavy atom. The fourth-order valence-corrected chi connectivity index (χ4v) is 2.52. The van der Waals surface area contributed by atoms with E-state index in [-0.39, 0.29) is 0 Å². The molecule has 0 aromatic heterocycles.